The summed E-state index contributed by atoms with van der Waals surface area (Å²) < 4.78 is 0. The van der Waals surface area contributed by atoms with E-state index < -0.39 is 0 Å². The van der Waals surface area contributed by atoms with E-state index in [0.29, 0.717) is 0 Å². The second kappa shape index (κ2) is 13.1. The molecular weight excluding hydrogens is 276 g/mol. The molecule has 0 nitrogen and oxygen atoms in total. The van der Waals surface area contributed by atoms with Gasteiger partial charge >= 0.3 is 0 Å². The summed E-state index contributed by atoms with van der Waals surface area (Å²) in [4.78, 5) is 0. The summed E-state index contributed by atoms with van der Waals surface area (Å²) in [6.07, 6.45) is 11.6. The lowest BCUT2D eigenvalue weighted by molar-refractivity contribution is 0.589. The van der Waals surface area contributed by atoms with Crippen LogP contribution < -0.4 is 0 Å². The Bertz CT molecular complexity index is 163. The molecule has 1 unspecified atom stereocenters. The number of thioether (sulfide) groups is 3. The zero-order valence-electron chi connectivity index (χ0n) is 12.0. The van der Waals surface area contributed by atoms with Crippen LogP contribution in [0.25, 0.3) is 0 Å². The summed E-state index contributed by atoms with van der Waals surface area (Å²) in [5.74, 6) is 6.93. The average molecular weight is 307 g/mol. The van der Waals surface area contributed by atoms with E-state index in [9.17, 15) is 0 Å². The Morgan fingerprint density at radius 1 is 0.833 bits per heavy atom. The van der Waals surface area contributed by atoms with Crippen molar-refractivity contribution in [3.63, 3.8) is 0 Å². The molecule has 1 atom stereocenters. The smallest absolute Gasteiger partial charge is 0.0138 e. The van der Waals surface area contributed by atoms with Gasteiger partial charge < -0.3 is 0 Å². The van der Waals surface area contributed by atoms with Gasteiger partial charge in [-0.1, -0.05) is 45.4 Å². The maximum absolute atomic E-state index is 2.30. The maximum atomic E-state index is 2.30. The van der Waals surface area contributed by atoms with Crippen molar-refractivity contribution in [3.05, 3.63) is 0 Å². The second-order valence-corrected chi connectivity index (χ2v) is 8.87. The number of unbranched alkanes of at least 4 members (excludes halogenated alkanes) is 5. The van der Waals surface area contributed by atoms with Gasteiger partial charge in [-0.25, -0.2) is 0 Å². The first-order chi connectivity index (χ1) is 8.93. The van der Waals surface area contributed by atoms with Gasteiger partial charge in [0.05, 0.1) is 0 Å². The summed E-state index contributed by atoms with van der Waals surface area (Å²) in [5.41, 5.74) is 0. The molecule has 1 fully saturated rings. The van der Waals surface area contributed by atoms with E-state index in [1.54, 1.807) is 0 Å². The minimum atomic E-state index is 0.948. The molecule has 1 saturated heterocycles. The first-order valence-electron chi connectivity index (χ1n) is 7.70. The molecule has 18 heavy (non-hydrogen) atoms. The quantitative estimate of drug-likeness (QED) is 0.553. The molecule has 0 bridgehead atoms. The molecule has 1 rings (SSSR count). The Hall–Kier alpha value is 1.05. The summed E-state index contributed by atoms with van der Waals surface area (Å²) in [7, 11) is 0. The molecule has 0 saturated carbocycles. The molecule has 0 radical (unpaired) electrons. The van der Waals surface area contributed by atoms with Crippen LogP contribution in [-0.2, 0) is 0 Å². The van der Waals surface area contributed by atoms with E-state index in [1.165, 1.54) is 80.1 Å². The van der Waals surface area contributed by atoms with Gasteiger partial charge in [0.2, 0.25) is 0 Å². The Morgan fingerprint density at radius 3 is 2.50 bits per heavy atom. The van der Waals surface area contributed by atoms with Crippen molar-refractivity contribution in [1.29, 1.82) is 0 Å². The molecule has 0 aromatic heterocycles. The van der Waals surface area contributed by atoms with Crippen molar-refractivity contribution in [2.24, 2.45) is 0 Å². The minimum Gasteiger partial charge on any atom is -0.161 e. The molecule has 0 aromatic rings. The van der Waals surface area contributed by atoms with Crippen LogP contribution in [0.2, 0.25) is 0 Å². The predicted octanol–water partition coefficient (Wildman–Crippen LogP) is 5.71. The summed E-state index contributed by atoms with van der Waals surface area (Å²) in [6.45, 7) is 2.30. The van der Waals surface area contributed by atoms with Gasteiger partial charge in [-0.3, -0.25) is 0 Å². The molecule has 0 aromatic carbocycles. The predicted molar refractivity (Wildman–Crippen MR) is 93.5 cm³/mol. The number of hydrogen-bond donors (Lipinski definition) is 0. The molecule has 0 spiro atoms. The monoisotopic (exact) mass is 306 g/mol. The van der Waals surface area contributed by atoms with Crippen LogP contribution in [0.1, 0.15) is 58.3 Å². The van der Waals surface area contributed by atoms with Crippen LogP contribution >= 0.6 is 35.3 Å². The van der Waals surface area contributed by atoms with Crippen molar-refractivity contribution in [1.82, 2.24) is 0 Å². The highest BCUT2D eigenvalue weighted by Gasteiger charge is 2.10. The van der Waals surface area contributed by atoms with Crippen LogP contribution in [0.4, 0.5) is 0 Å². The van der Waals surface area contributed by atoms with Crippen LogP contribution in [-0.4, -0.2) is 34.0 Å². The fourth-order valence-corrected chi connectivity index (χ4v) is 6.14. The highest BCUT2D eigenvalue weighted by atomic mass is 32.2. The van der Waals surface area contributed by atoms with Crippen LogP contribution in [0, 0.1) is 0 Å². The van der Waals surface area contributed by atoms with Gasteiger partial charge in [-0.15, -0.1) is 0 Å². The van der Waals surface area contributed by atoms with E-state index in [1.807, 2.05) is 0 Å². The van der Waals surface area contributed by atoms with Crippen molar-refractivity contribution >= 4 is 35.3 Å². The van der Waals surface area contributed by atoms with Gasteiger partial charge in [0.1, 0.15) is 0 Å². The minimum absolute atomic E-state index is 0.948. The average Bonchev–Trinajstić information content (AvgIpc) is 2.41. The van der Waals surface area contributed by atoms with Gasteiger partial charge in [-0.05, 0) is 24.3 Å². The van der Waals surface area contributed by atoms with Gasteiger partial charge in [0.25, 0.3) is 0 Å². The van der Waals surface area contributed by atoms with E-state index >= 15 is 0 Å². The van der Waals surface area contributed by atoms with Crippen molar-refractivity contribution in [2.75, 3.05) is 28.8 Å². The fraction of sp³-hybridized carbons (Fsp3) is 1.00. The Labute approximate surface area is 127 Å². The summed E-state index contributed by atoms with van der Waals surface area (Å²) in [6, 6.07) is 0. The molecule has 1 heterocycles. The van der Waals surface area contributed by atoms with E-state index in [-0.39, 0.29) is 0 Å². The molecular formula is C15H30S3. The molecule has 1 aliphatic heterocycles. The highest BCUT2D eigenvalue weighted by molar-refractivity contribution is 8.05. The molecule has 0 aliphatic carbocycles. The Balaban J connectivity index is 2.02. The number of hydrogen-bond acceptors (Lipinski definition) is 3. The third-order valence-corrected chi connectivity index (χ3v) is 7.41. The van der Waals surface area contributed by atoms with Gasteiger partial charge in [0, 0.05) is 22.5 Å². The lowest BCUT2D eigenvalue weighted by Crippen LogP contribution is -2.10. The van der Waals surface area contributed by atoms with Crippen LogP contribution in [0.5, 0.6) is 0 Å². The zero-order chi connectivity index (χ0) is 12.9. The van der Waals surface area contributed by atoms with Gasteiger partial charge in [0.15, 0.2) is 0 Å². The summed E-state index contributed by atoms with van der Waals surface area (Å²) in [5, 5.41) is 0.948. The largest absolute Gasteiger partial charge is 0.161 e. The first kappa shape index (κ1) is 17.1. The Kier molecular flexibility index (Phi) is 12.4. The van der Waals surface area contributed by atoms with E-state index in [0.717, 1.165) is 5.25 Å². The van der Waals surface area contributed by atoms with E-state index in [4.69, 9.17) is 0 Å². The molecule has 0 N–H and O–H groups in total. The fourth-order valence-electron chi connectivity index (χ4n) is 2.21. The van der Waals surface area contributed by atoms with Crippen molar-refractivity contribution < 1.29 is 0 Å². The molecule has 3 heteroatoms. The van der Waals surface area contributed by atoms with E-state index in [2.05, 4.69) is 42.2 Å². The summed E-state index contributed by atoms with van der Waals surface area (Å²) >= 11 is 6.59. The normalized spacial score (nSPS) is 22.8. The van der Waals surface area contributed by atoms with Crippen LogP contribution in [0.3, 0.4) is 0 Å². The molecule has 1 aliphatic rings. The lowest BCUT2D eigenvalue weighted by atomic mass is 10.1. The topological polar surface area (TPSA) is 0 Å². The SMILES string of the molecule is CCCCCCCCC1CSCCSCCCS1. The Morgan fingerprint density at radius 2 is 1.61 bits per heavy atom. The third-order valence-electron chi connectivity index (χ3n) is 3.34. The maximum Gasteiger partial charge on any atom is 0.0138 e. The first-order valence-corrected chi connectivity index (χ1v) is 11.1. The standard InChI is InChI=1S/C15H30S3/c1-2-3-4-5-6-7-9-15-14-17-13-12-16-10-8-11-18-15/h15H,2-14H2,1H3. The lowest BCUT2D eigenvalue weighted by Gasteiger charge is -2.17. The third kappa shape index (κ3) is 9.91. The van der Waals surface area contributed by atoms with Crippen LogP contribution in [0.15, 0.2) is 0 Å². The molecule has 0 amide bonds. The highest BCUT2D eigenvalue weighted by Crippen LogP contribution is 2.25. The second-order valence-electron chi connectivity index (χ2n) is 5.09. The number of rotatable bonds is 7. The van der Waals surface area contributed by atoms with Gasteiger partial charge in [-0.2, -0.15) is 35.3 Å². The molecule has 108 valence electrons. The zero-order valence-corrected chi connectivity index (χ0v) is 14.4. The van der Waals surface area contributed by atoms with Crippen molar-refractivity contribution in [3.8, 4) is 0 Å². The van der Waals surface area contributed by atoms with Crippen molar-refractivity contribution in [2.45, 2.75) is 63.5 Å².